The number of halogens is 1. The molecule has 216 valence electrons. The molecule has 0 bridgehead atoms. The molecule has 0 aromatic heterocycles. The molecule has 1 fully saturated rings. The lowest BCUT2D eigenvalue weighted by atomic mass is 9.72. The van der Waals surface area contributed by atoms with Crippen LogP contribution in [0, 0.1) is 11.2 Å². The quantitative estimate of drug-likeness (QED) is 0.384. The SMILES string of the molecule is COc1ccc([C@@H]2CN(C(=O)C(CC(=O)O)c3ccc(F)cc3)C[C@@]2(C)[C@@H](C)O)cc1OC1Cc2ccccc2C1. The minimum Gasteiger partial charge on any atom is -0.493 e. The van der Waals surface area contributed by atoms with Crippen molar-refractivity contribution in [2.24, 2.45) is 5.41 Å². The summed E-state index contributed by atoms with van der Waals surface area (Å²) in [5.74, 6) is -1.95. The second-order valence-corrected chi connectivity index (χ2v) is 11.5. The lowest BCUT2D eigenvalue weighted by molar-refractivity contribution is -0.142. The molecule has 7 nitrogen and oxygen atoms in total. The fraction of sp³-hybridized carbons (Fsp3) is 0.394. The molecule has 0 saturated carbocycles. The van der Waals surface area contributed by atoms with Crippen molar-refractivity contribution < 1.29 is 33.7 Å². The monoisotopic (exact) mass is 561 g/mol. The van der Waals surface area contributed by atoms with Gasteiger partial charge < -0.3 is 24.6 Å². The van der Waals surface area contributed by atoms with Gasteiger partial charge in [-0.25, -0.2) is 4.39 Å². The molecule has 1 aliphatic heterocycles. The largest absolute Gasteiger partial charge is 0.493 e. The average Bonchev–Trinajstić information content (AvgIpc) is 3.53. The number of benzene rings is 3. The normalized spacial score (nSPS) is 21.8. The van der Waals surface area contributed by atoms with Crippen molar-refractivity contribution in [3.8, 4) is 11.5 Å². The summed E-state index contributed by atoms with van der Waals surface area (Å²) in [6, 6.07) is 19.4. The number of fused-ring (bicyclic) bond motifs is 1. The Bertz CT molecular complexity index is 1400. The summed E-state index contributed by atoms with van der Waals surface area (Å²) < 4.78 is 25.7. The molecule has 1 amide bonds. The van der Waals surface area contributed by atoms with Gasteiger partial charge in [0.15, 0.2) is 11.5 Å². The van der Waals surface area contributed by atoms with Crippen LogP contribution < -0.4 is 9.47 Å². The first kappa shape index (κ1) is 28.6. The number of aliphatic hydroxyl groups excluding tert-OH is 1. The highest BCUT2D eigenvalue weighted by Gasteiger charge is 2.49. The summed E-state index contributed by atoms with van der Waals surface area (Å²) in [6.45, 7) is 4.19. The summed E-state index contributed by atoms with van der Waals surface area (Å²) in [7, 11) is 1.60. The van der Waals surface area contributed by atoms with E-state index in [1.807, 2.05) is 37.3 Å². The van der Waals surface area contributed by atoms with Crippen molar-refractivity contribution in [3.63, 3.8) is 0 Å². The van der Waals surface area contributed by atoms with Gasteiger partial charge in [0.1, 0.15) is 11.9 Å². The van der Waals surface area contributed by atoms with E-state index in [9.17, 15) is 24.2 Å². The third-order valence-electron chi connectivity index (χ3n) is 8.84. The molecule has 1 saturated heterocycles. The smallest absolute Gasteiger partial charge is 0.304 e. The fourth-order valence-corrected chi connectivity index (χ4v) is 6.31. The molecule has 41 heavy (non-hydrogen) atoms. The molecule has 5 rings (SSSR count). The van der Waals surface area contributed by atoms with Crippen LogP contribution in [0.2, 0.25) is 0 Å². The van der Waals surface area contributed by atoms with Gasteiger partial charge >= 0.3 is 5.97 Å². The van der Waals surface area contributed by atoms with Crippen molar-refractivity contribution in [1.82, 2.24) is 4.90 Å². The van der Waals surface area contributed by atoms with Crippen LogP contribution in [-0.4, -0.2) is 59.4 Å². The number of carboxylic acid groups (broad SMARTS) is 1. The number of rotatable bonds is 9. The molecule has 1 aliphatic carbocycles. The topological polar surface area (TPSA) is 96.3 Å². The van der Waals surface area contributed by atoms with Gasteiger partial charge in [-0.1, -0.05) is 49.4 Å². The van der Waals surface area contributed by atoms with Crippen LogP contribution in [0.25, 0.3) is 0 Å². The van der Waals surface area contributed by atoms with Crippen molar-refractivity contribution in [1.29, 1.82) is 0 Å². The molecule has 1 heterocycles. The van der Waals surface area contributed by atoms with Crippen LogP contribution >= 0.6 is 0 Å². The minimum atomic E-state index is -1.12. The van der Waals surface area contributed by atoms with Crippen LogP contribution in [0.1, 0.15) is 54.4 Å². The maximum absolute atomic E-state index is 13.8. The Labute approximate surface area is 239 Å². The molecule has 0 radical (unpaired) electrons. The van der Waals surface area contributed by atoms with Gasteiger partial charge in [-0.15, -0.1) is 0 Å². The van der Waals surface area contributed by atoms with Gasteiger partial charge in [0.25, 0.3) is 0 Å². The molecule has 2 aliphatic rings. The van der Waals surface area contributed by atoms with Crippen LogP contribution in [0.5, 0.6) is 11.5 Å². The Balaban J connectivity index is 1.42. The molecule has 3 aromatic rings. The number of hydrogen-bond donors (Lipinski definition) is 2. The summed E-state index contributed by atoms with van der Waals surface area (Å²) in [6.07, 6.45) is 0.393. The molecular weight excluding hydrogens is 525 g/mol. The number of hydrogen-bond acceptors (Lipinski definition) is 5. The Morgan fingerprint density at radius 1 is 1.05 bits per heavy atom. The number of carbonyl (C=O) groups excluding carboxylic acids is 1. The summed E-state index contributed by atoms with van der Waals surface area (Å²) in [4.78, 5) is 27.1. The van der Waals surface area contributed by atoms with Gasteiger partial charge in [-0.3, -0.25) is 9.59 Å². The van der Waals surface area contributed by atoms with E-state index in [0.717, 1.165) is 18.4 Å². The number of aliphatic carboxylic acids is 1. The zero-order valence-electron chi connectivity index (χ0n) is 23.5. The van der Waals surface area contributed by atoms with Gasteiger partial charge in [-0.05, 0) is 53.4 Å². The maximum atomic E-state index is 13.8. The molecule has 2 N–H and O–H groups in total. The highest BCUT2D eigenvalue weighted by molar-refractivity contribution is 5.88. The number of methoxy groups -OCH3 is 1. The van der Waals surface area contributed by atoms with E-state index in [2.05, 4.69) is 12.1 Å². The number of nitrogens with zero attached hydrogens (tertiary/aromatic N) is 1. The Hall–Kier alpha value is -3.91. The summed E-state index contributed by atoms with van der Waals surface area (Å²) in [5, 5.41) is 20.5. The lowest BCUT2D eigenvalue weighted by Gasteiger charge is -2.34. The fourth-order valence-electron chi connectivity index (χ4n) is 6.31. The lowest BCUT2D eigenvalue weighted by Crippen LogP contribution is -2.39. The summed E-state index contributed by atoms with van der Waals surface area (Å²) >= 11 is 0. The van der Waals surface area contributed by atoms with Crippen LogP contribution in [0.15, 0.2) is 66.7 Å². The molecule has 3 aromatic carbocycles. The predicted octanol–water partition coefficient (Wildman–Crippen LogP) is 4.95. The Morgan fingerprint density at radius 2 is 1.71 bits per heavy atom. The Morgan fingerprint density at radius 3 is 2.29 bits per heavy atom. The zero-order valence-corrected chi connectivity index (χ0v) is 23.5. The number of carbonyl (C=O) groups is 2. The first-order chi connectivity index (χ1) is 19.6. The molecule has 0 spiro atoms. The minimum absolute atomic E-state index is 0.0335. The van der Waals surface area contributed by atoms with Crippen LogP contribution in [0.3, 0.4) is 0 Å². The van der Waals surface area contributed by atoms with Crippen LogP contribution in [0.4, 0.5) is 4.39 Å². The maximum Gasteiger partial charge on any atom is 0.304 e. The first-order valence-corrected chi connectivity index (χ1v) is 13.9. The van der Waals surface area contributed by atoms with E-state index in [1.54, 1.807) is 18.9 Å². The van der Waals surface area contributed by atoms with E-state index < -0.39 is 35.6 Å². The second-order valence-electron chi connectivity index (χ2n) is 11.5. The number of likely N-dealkylation sites (tertiary alicyclic amines) is 1. The van der Waals surface area contributed by atoms with Gasteiger partial charge in [0.05, 0.1) is 25.6 Å². The highest BCUT2D eigenvalue weighted by Crippen LogP contribution is 2.48. The van der Waals surface area contributed by atoms with Crippen molar-refractivity contribution >= 4 is 11.9 Å². The zero-order chi connectivity index (χ0) is 29.3. The second kappa shape index (κ2) is 11.5. The van der Waals surface area contributed by atoms with Crippen LogP contribution in [-0.2, 0) is 22.4 Å². The molecular formula is C33H36FNO6. The average molecular weight is 562 g/mol. The molecule has 8 heteroatoms. The number of carboxylic acids is 1. The van der Waals surface area contributed by atoms with E-state index in [4.69, 9.17) is 9.47 Å². The third-order valence-corrected chi connectivity index (χ3v) is 8.84. The predicted molar refractivity (Wildman–Crippen MR) is 152 cm³/mol. The van der Waals surface area contributed by atoms with E-state index >= 15 is 0 Å². The molecule has 1 unspecified atom stereocenters. The van der Waals surface area contributed by atoms with Crippen molar-refractivity contribution in [2.75, 3.05) is 20.2 Å². The van der Waals surface area contributed by atoms with Gasteiger partial charge in [-0.2, -0.15) is 0 Å². The highest BCUT2D eigenvalue weighted by atomic mass is 19.1. The van der Waals surface area contributed by atoms with Crippen molar-refractivity contribution in [2.45, 2.75) is 57.2 Å². The van der Waals surface area contributed by atoms with E-state index in [1.165, 1.54) is 35.4 Å². The summed E-state index contributed by atoms with van der Waals surface area (Å²) in [5.41, 5.74) is 3.18. The number of amides is 1. The third kappa shape index (κ3) is 5.79. The standard InChI is InChI=1S/C33H36FNO6/c1-20(36)33(2)19-35(32(39)27(17-31(37)38)21-8-11-25(34)12-9-21)18-28(33)24-10-13-29(40-3)30(16-24)41-26-14-22-6-4-5-7-23(22)15-26/h4-13,16,20,26-28,36H,14-15,17-19H2,1-3H3,(H,37,38)/t20-,27?,28+,33+/m1/s1. The van der Waals surface area contributed by atoms with Crippen molar-refractivity contribution in [3.05, 3.63) is 94.8 Å². The van der Waals surface area contributed by atoms with E-state index in [-0.39, 0.29) is 31.0 Å². The van der Waals surface area contributed by atoms with Gasteiger partial charge in [0.2, 0.25) is 5.91 Å². The first-order valence-electron chi connectivity index (χ1n) is 13.9. The van der Waals surface area contributed by atoms with Gasteiger partial charge in [0, 0.05) is 37.3 Å². The number of aliphatic hydroxyl groups is 1. The Kier molecular flexibility index (Phi) is 8.04. The van der Waals surface area contributed by atoms with E-state index in [0.29, 0.717) is 17.1 Å². The molecule has 4 atom stereocenters. The number of ether oxygens (including phenoxy) is 2.